The van der Waals surface area contributed by atoms with Crippen molar-refractivity contribution in [1.82, 2.24) is 4.57 Å². The first-order valence-corrected chi connectivity index (χ1v) is 7.58. The second kappa shape index (κ2) is 6.34. The van der Waals surface area contributed by atoms with Gasteiger partial charge in [0, 0.05) is 23.5 Å². The van der Waals surface area contributed by atoms with Crippen LogP contribution in [0.25, 0.3) is 11.1 Å². The molecule has 0 saturated carbocycles. The quantitative estimate of drug-likeness (QED) is 0.889. The molecule has 0 saturated heterocycles. The van der Waals surface area contributed by atoms with Crippen molar-refractivity contribution in [3.05, 3.63) is 47.0 Å². The minimum Gasteiger partial charge on any atom is -0.366 e. The molecule has 0 fully saturated rings. The summed E-state index contributed by atoms with van der Waals surface area (Å²) in [6.45, 7) is 9.09. The van der Waals surface area contributed by atoms with E-state index in [1.165, 1.54) is 12.1 Å². The molecule has 0 aliphatic carbocycles. The number of hydrogen-bond acceptors (Lipinski definition) is 1. The molecule has 0 spiro atoms. The van der Waals surface area contributed by atoms with Gasteiger partial charge in [-0.25, -0.2) is 4.39 Å². The summed E-state index contributed by atoms with van der Waals surface area (Å²) in [5.41, 5.74) is 9.64. The fraction of sp³-hybridized carbons (Fsp3) is 0.389. The molecular weight excluding hydrogens is 279 g/mol. The second-order valence-corrected chi connectivity index (χ2v) is 6.13. The van der Waals surface area contributed by atoms with Crippen molar-refractivity contribution in [3.63, 3.8) is 0 Å². The van der Waals surface area contributed by atoms with Gasteiger partial charge >= 0.3 is 0 Å². The molecule has 2 rings (SSSR count). The van der Waals surface area contributed by atoms with Crippen LogP contribution in [-0.2, 0) is 6.54 Å². The molecule has 0 radical (unpaired) electrons. The molecule has 1 amide bonds. The Labute approximate surface area is 130 Å². The van der Waals surface area contributed by atoms with E-state index in [2.05, 4.69) is 18.4 Å². The summed E-state index contributed by atoms with van der Waals surface area (Å²) < 4.78 is 15.3. The number of halogens is 1. The van der Waals surface area contributed by atoms with Gasteiger partial charge in [-0.1, -0.05) is 26.0 Å². The minimum absolute atomic E-state index is 0.294. The second-order valence-electron chi connectivity index (χ2n) is 6.13. The van der Waals surface area contributed by atoms with Gasteiger partial charge in [0.2, 0.25) is 0 Å². The Balaban J connectivity index is 2.59. The average molecular weight is 302 g/mol. The number of hydrogen-bond donors (Lipinski definition) is 1. The third-order valence-electron chi connectivity index (χ3n) is 4.09. The Morgan fingerprint density at radius 1 is 1.18 bits per heavy atom. The van der Waals surface area contributed by atoms with Crippen molar-refractivity contribution < 1.29 is 9.18 Å². The van der Waals surface area contributed by atoms with Crippen LogP contribution in [0.4, 0.5) is 4.39 Å². The van der Waals surface area contributed by atoms with Crippen molar-refractivity contribution in [3.8, 4) is 11.1 Å². The molecule has 1 aromatic heterocycles. The summed E-state index contributed by atoms with van der Waals surface area (Å²) in [5.74, 6) is -0.159. The fourth-order valence-electron chi connectivity index (χ4n) is 2.88. The van der Waals surface area contributed by atoms with Crippen molar-refractivity contribution >= 4 is 5.91 Å². The Kier molecular flexibility index (Phi) is 4.69. The molecule has 1 heterocycles. The highest BCUT2D eigenvalue weighted by Crippen LogP contribution is 2.32. The van der Waals surface area contributed by atoms with Gasteiger partial charge in [0.1, 0.15) is 5.82 Å². The van der Waals surface area contributed by atoms with Crippen LogP contribution < -0.4 is 5.73 Å². The van der Waals surface area contributed by atoms with Gasteiger partial charge < -0.3 is 10.3 Å². The lowest BCUT2D eigenvalue weighted by Gasteiger charge is -2.11. The Morgan fingerprint density at radius 2 is 1.77 bits per heavy atom. The van der Waals surface area contributed by atoms with Crippen molar-refractivity contribution in [2.75, 3.05) is 0 Å². The van der Waals surface area contributed by atoms with E-state index in [4.69, 9.17) is 5.73 Å². The van der Waals surface area contributed by atoms with E-state index in [0.717, 1.165) is 35.5 Å². The van der Waals surface area contributed by atoms with Crippen molar-refractivity contribution in [2.45, 2.75) is 40.7 Å². The summed E-state index contributed by atoms with van der Waals surface area (Å²) in [6, 6.07) is 6.19. The van der Waals surface area contributed by atoms with Crippen LogP contribution in [0.3, 0.4) is 0 Å². The summed E-state index contributed by atoms with van der Waals surface area (Å²) in [6.07, 6.45) is 1.03. The maximum absolute atomic E-state index is 13.2. The van der Waals surface area contributed by atoms with Crippen LogP contribution >= 0.6 is 0 Å². The van der Waals surface area contributed by atoms with E-state index in [-0.39, 0.29) is 5.82 Å². The molecule has 2 aromatic rings. The molecule has 22 heavy (non-hydrogen) atoms. The van der Waals surface area contributed by atoms with E-state index in [1.54, 1.807) is 12.1 Å². The monoisotopic (exact) mass is 302 g/mol. The molecule has 2 N–H and O–H groups in total. The molecule has 0 aliphatic rings. The maximum atomic E-state index is 13.2. The lowest BCUT2D eigenvalue weighted by Crippen LogP contribution is -2.13. The number of primary amides is 1. The average Bonchev–Trinajstić information content (AvgIpc) is 2.69. The van der Waals surface area contributed by atoms with E-state index >= 15 is 0 Å². The van der Waals surface area contributed by atoms with Crippen LogP contribution in [0.1, 0.15) is 42.0 Å². The molecule has 1 aromatic carbocycles. The largest absolute Gasteiger partial charge is 0.366 e. The molecule has 0 aliphatic heterocycles. The van der Waals surface area contributed by atoms with E-state index in [1.807, 2.05) is 13.8 Å². The molecule has 0 bridgehead atoms. The van der Waals surface area contributed by atoms with Crippen molar-refractivity contribution in [1.29, 1.82) is 0 Å². The van der Waals surface area contributed by atoms with Crippen LogP contribution in [-0.4, -0.2) is 10.5 Å². The maximum Gasteiger partial charge on any atom is 0.251 e. The summed E-state index contributed by atoms with van der Waals surface area (Å²) in [5, 5.41) is 0. The number of amides is 1. The first-order chi connectivity index (χ1) is 10.3. The molecule has 0 atom stereocenters. The SMILES string of the molecule is Cc1c(C(N)=O)c(-c2ccc(F)cc2)c(C)n1CCC(C)C. The van der Waals surface area contributed by atoms with Gasteiger partial charge in [0.05, 0.1) is 5.56 Å². The molecule has 3 nitrogen and oxygen atoms in total. The third-order valence-corrected chi connectivity index (χ3v) is 4.09. The number of rotatable bonds is 5. The zero-order valence-electron chi connectivity index (χ0n) is 13.6. The summed E-state index contributed by atoms with van der Waals surface area (Å²) in [4.78, 5) is 11.9. The van der Waals surface area contributed by atoms with Gasteiger partial charge in [-0.3, -0.25) is 4.79 Å². The van der Waals surface area contributed by atoms with Gasteiger partial charge in [-0.05, 0) is 43.9 Å². The van der Waals surface area contributed by atoms with Crippen LogP contribution in [0, 0.1) is 25.6 Å². The van der Waals surface area contributed by atoms with Crippen LogP contribution in [0.2, 0.25) is 0 Å². The molecule has 118 valence electrons. The predicted molar refractivity (Wildman–Crippen MR) is 87.3 cm³/mol. The molecule has 0 unspecified atom stereocenters. The number of nitrogens with zero attached hydrogens (tertiary/aromatic N) is 1. The smallest absolute Gasteiger partial charge is 0.251 e. The number of benzene rings is 1. The van der Waals surface area contributed by atoms with Gasteiger partial charge in [0.15, 0.2) is 0 Å². The summed E-state index contributed by atoms with van der Waals surface area (Å²) >= 11 is 0. The lowest BCUT2D eigenvalue weighted by molar-refractivity contribution is 0.1000. The van der Waals surface area contributed by atoms with Gasteiger partial charge in [-0.15, -0.1) is 0 Å². The number of carbonyl (C=O) groups is 1. The zero-order valence-corrected chi connectivity index (χ0v) is 13.6. The Morgan fingerprint density at radius 3 is 2.27 bits per heavy atom. The van der Waals surface area contributed by atoms with E-state index in [9.17, 15) is 9.18 Å². The number of aromatic nitrogens is 1. The van der Waals surface area contributed by atoms with Crippen LogP contribution in [0.5, 0.6) is 0 Å². The van der Waals surface area contributed by atoms with E-state index in [0.29, 0.717) is 11.5 Å². The predicted octanol–water partition coefficient (Wildman–Crippen LogP) is 4.06. The number of carbonyl (C=O) groups excluding carboxylic acids is 1. The highest BCUT2D eigenvalue weighted by Gasteiger charge is 2.22. The van der Waals surface area contributed by atoms with Gasteiger partial charge in [0.25, 0.3) is 5.91 Å². The normalized spacial score (nSPS) is 11.2. The highest BCUT2D eigenvalue weighted by molar-refractivity contribution is 6.02. The van der Waals surface area contributed by atoms with E-state index < -0.39 is 5.91 Å². The third kappa shape index (κ3) is 3.06. The minimum atomic E-state index is -0.441. The van der Waals surface area contributed by atoms with Crippen molar-refractivity contribution in [2.24, 2.45) is 11.7 Å². The topological polar surface area (TPSA) is 48.0 Å². The van der Waals surface area contributed by atoms with Crippen LogP contribution in [0.15, 0.2) is 24.3 Å². The molecule has 4 heteroatoms. The number of nitrogens with two attached hydrogens (primary N) is 1. The first kappa shape index (κ1) is 16.3. The Hall–Kier alpha value is -2.10. The summed E-state index contributed by atoms with van der Waals surface area (Å²) in [7, 11) is 0. The van der Waals surface area contributed by atoms with Gasteiger partial charge in [-0.2, -0.15) is 0 Å². The highest BCUT2D eigenvalue weighted by atomic mass is 19.1. The Bertz CT molecular complexity index is 684. The standard InChI is InChI=1S/C18H23FN2O/c1-11(2)9-10-21-12(3)16(17(13(21)4)18(20)22)14-5-7-15(19)8-6-14/h5-8,11H,9-10H2,1-4H3,(H2,20,22). The first-order valence-electron chi connectivity index (χ1n) is 7.58. The lowest BCUT2D eigenvalue weighted by atomic mass is 10.00. The zero-order chi connectivity index (χ0) is 16.4. The fourth-order valence-corrected chi connectivity index (χ4v) is 2.88. The molecular formula is C18H23FN2O.